The summed E-state index contributed by atoms with van der Waals surface area (Å²) >= 11 is 0. The van der Waals surface area contributed by atoms with E-state index in [-0.39, 0.29) is 23.0 Å². The second-order valence-electron chi connectivity index (χ2n) is 9.11. The number of carbonyl (C=O) groups excluding carboxylic acids is 1. The van der Waals surface area contributed by atoms with Crippen LogP contribution < -0.4 is 0 Å². The van der Waals surface area contributed by atoms with Gasteiger partial charge in [-0.15, -0.1) is 0 Å². The molecule has 0 spiro atoms. The Bertz CT molecular complexity index is 1150. The van der Waals surface area contributed by atoms with Gasteiger partial charge in [0.25, 0.3) is 0 Å². The summed E-state index contributed by atoms with van der Waals surface area (Å²) in [6.07, 6.45) is 4.26. The van der Waals surface area contributed by atoms with E-state index >= 15 is 0 Å². The number of Topliss-reactive ketones (excluding diaryl/α,β-unsaturated/α-hetero) is 1. The van der Waals surface area contributed by atoms with E-state index in [1.165, 1.54) is 22.4 Å². The number of aliphatic hydroxyl groups is 1. The Balaban J connectivity index is 1.73. The molecule has 31 heavy (non-hydrogen) atoms. The molecule has 2 aliphatic rings. The zero-order valence-electron chi connectivity index (χ0n) is 18.1. The summed E-state index contributed by atoms with van der Waals surface area (Å²) in [5, 5.41) is 15.0. The molecule has 1 saturated carbocycles. The number of nitrogens with zero attached hydrogens (tertiary/aromatic N) is 2. The van der Waals surface area contributed by atoms with Crippen LogP contribution in [-0.4, -0.2) is 20.7 Å². The molecule has 4 nitrogen and oxygen atoms in total. The Kier molecular flexibility index (Phi) is 4.81. The Morgan fingerprint density at radius 3 is 2.48 bits per heavy atom. The molecule has 0 unspecified atom stereocenters. The molecule has 0 aliphatic heterocycles. The van der Waals surface area contributed by atoms with Gasteiger partial charge in [0.15, 0.2) is 5.78 Å². The van der Waals surface area contributed by atoms with Gasteiger partial charge >= 0.3 is 0 Å². The lowest BCUT2D eigenvalue weighted by Gasteiger charge is -2.49. The molecule has 2 aromatic carbocycles. The lowest BCUT2D eigenvalue weighted by Crippen LogP contribution is -2.51. The highest BCUT2D eigenvalue weighted by Gasteiger charge is 2.54. The van der Waals surface area contributed by atoms with Gasteiger partial charge in [0.2, 0.25) is 0 Å². The molecule has 5 rings (SSSR count). The maximum atomic E-state index is 13.0. The smallest absolute Gasteiger partial charge is 0.165 e. The van der Waals surface area contributed by atoms with E-state index in [9.17, 15) is 9.90 Å². The number of rotatable bonds is 3. The SMILES string of the molecule is C[C@@H]1C(=O)/C(=C\O)C[C@]2(Cc3ccccc3)c3nn(C)c(-c4ccccc4)c3CC[C@@H]12. The summed E-state index contributed by atoms with van der Waals surface area (Å²) in [6, 6.07) is 20.9. The van der Waals surface area contributed by atoms with E-state index < -0.39 is 0 Å². The fourth-order valence-electron chi connectivity index (χ4n) is 6.11. The average molecular weight is 413 g/mol. The van der Waals surface area contributed by atoms with Crippen molar-refractivity contribution in [1.82, 2.24) is 9.78 Å². The van der Waals surface area contributed by atoms with Gasteiger partial charge in [-0.2, -0.15) is 5.10 Å². The van der Waals surface area contributed by atoms with Crippen molar-refractivity contribution in [2.75, 3.05) is 0 Å². The van der Waals surface area contributed by atoms with Crippen molar-refractivity contribution in [2.45, 2.75) is 38.0 Å². The number of ketones is 1. The van der Waals surface area contributed by atoms with E-state index in [4.69, 9.17) is 5.10 Å². The summed E-state index contributed by atoms with van der Waals surface area (Å²) in [7, 11) is 2.02. The number of hydrogen-bond donors (Lipinski definition) is 1. The van der Waals surface area contributed by atoms with Gasteiger partial charge in [-0.3, -0.25) is 9.48 Å². The second kappa shape index (κ2) is 7.52. The zero-order chi connectivity index (χ0) is 21.6. The summed E-state index contributed by atoms with van der Waals surface area (Å²) in [4.78, 5) is 13.0. The molecule has 4 heteroatoms. The molecule has 158 valence electrons. The molecule has 0 saturated heterocycles. The van der Waals surface area contributed by atoms with Crippen LogP contribution in [0.15, 0.2) is 72.5 Å². The van der Waals surface area contributed by atoms with Gasteiger partial charge < -0.3 is 5.11 Å². The molecular weight excluding hydrogens is 384 g/mol. The Labute approximate surface area is 183 Å². The second-order valence-corrected chi connectivity index (χ2v) is 9.11. The van der Waals surface area contributed by atoms with Crippen molar-refractivity contribution in [3.8, 4) is 11.3 Å². The minimum Gasteiger partial charge on any atom is -0.515 e. The highest BCUT2D eigenvalue weighted by molar-refractivity contribution is 5.98. The van der Waals surface area contributed by atoms with Crippen molar-refractivity contribution >= 4 is 5.78 Å². The van der Waals surface area contributed by atoms with Gasteiger partial charge in [-0.05, 0) is 37.2 Å². The quantitative estimate of drug-likeness (QED) is 0.476. The summed E-state index contributed by atoms with van der Waals surface area (Å²) < 4.78 is 2.01. The van der Waals surface area contributed by atoms with E-state index in [0.717, 1.165) is 31.2 Å². The molecule has 0 amide bonds. The molecule has 0 bridgehead atoms. The Morgan fingerprint density at radius 2 is 1.81 bits per heavy atom. The predicted octanol–water partition coefficient (Wildman–Crippen LogP) is 5.18. The van der Waals surface area contributed by atoms with E-state index in [2.05, 4.69) is 48.5 Å². The average Bonchev–Trinajstić information content (AvgIpc) is 3.14. The van der Waals surface area contributed by atoms with Crippen LogP contribution in [0.1, 0.15) is 36.6 Å². The number of aromatic nitrogens is 2. The molecule has 1 aromatic heterocycles. The molecule has 1 heterocycles. The van der Waals surface area contributed by atoms with Crippen LogP contribution in [0.3, 0.4) is 0 Å². The van der Waals surface area contributed by atoms with Crippen molar-refractivity contribution in [1.29, 1.82) is 0 Å². The zero-order valence-corrected chi connectivity index (χ0v) is 18.1. The first kappa shape index (κ1) is 19.8. The lowest BCUT2D eigenvalue weighted by molar-refractivity contribution is -0.124. The third-order valence-electron chi connectivity index (χ3n) is 7.44. The van der Waals surface area contributed by atoms with Gasteiger partial charge in [-0.25, -0.2) is 0 Å². The van der Waals surface area contributed by atoms with Crippen LogP contribution in [0.5, 0.6) is 0 Å². The van der Waals surface area contributed by atoms with Crippen LogP contribution in [0.2, 0.25) is 0 Å². The van der Waals surface area contributed by atoms with Crippen LogP contribution in [0.4, 0.5) is 0 Å². The minimum absolute atomic E-state index is 0.0823. The lowest BCUT2D eigenvalue weighted by atomic mass is 9.52. The van der Waals surface area contributed by atoms with Gasteiger partial charge in [-0.1, -0.05) is 67.6 Å². The first-order chi connectivity index (χ1) is 15.0. The van der Waals surface area contributed by atoms with Crippen molar-refractivity contribution < 1.29 is 9.90 Å². The Hall–Kier alpha value is -3.14. The molecule has 1 N–H and O–H groups in total. The molecule has 0 radical (unpaired) electrons. The van der Waals surface area contributed by atoms with Crippen LogP contribution in [0, 0.1) is 11.8 Å². The fourth-order valence-corrected chi connectivity index (χ4v) is 6.11. The topological polar surface area (TPSA) is 55.1 Å². The van der Waals surface area contributed by atoms with Crippen molar-refractivity contribution in [2.24, 2.45) is 18.9 Å². The molecule has 3 aromatic rings. The summed E-state index contributed by atoms with van der Waals surface area (Å²) in [5.41, 5.74) is 6.20. The number of allylic oxidation sites excluding steroid dienone is 1. The monoisotopic (exact) mass is 412 g/mol. The van der Waals surface area contributed by atoms with Gasteiger partial charge in [0, 0.05) is 35.1 Å². The van der Waals surface area contributed by atoms with Crippen LogP contribution in [0.25, 0.3) is 11.3 Å². The largest absolute Gasteiger partial charge is 0.515 e. The number of benzene rings is 2. The first-order valence-corrected chi connectivity index (χ1v) is 11.1. The number of aryl methyl sites for hydroxylation is 1. The standard InChI is InChI=1S/C27H28N2O2/c1-18-23-14-13-22-24(20-11-7-4-8-12-20)29(2)28-26(22)27(23,16-21(17-30)25(18)31)15-19-9-5-3-6-10-19/h3-12,17-18,23,30H,13-16H2,1-2H3/b21-17-/t18-,23-,27-/m0/s1. The maximum Gasteiger partial charge on any atom is 0.165 e. The summed E-state index contributed by atoms with van der Waals surface area (Å²) in [5.74, 6) is 0.153. The minimum atomic E-state index is -0.304. The van der Waals surface area contributed by atoms with E-state index in [0.29, 0.717) is 12.0 Å². The first-order valence-electron chi connectivity index (χ1n) is 11.1. The number of carbonyl (C=O) groups is 1. The van der Waals surface area contributed by atoms with Crippen molar-refractivity contribution in [3.63, 3.8) is 0 Å². The third-order valence-corrected chi connectivity index (χ3v) is 7.44. The number of aliphatic hydroxyl groups excluding tert-OH is 1. The molecule has 1 fully saturated rings. The highest BCUT2D eigenvalue weighted by Crippen LogP contribution is 2.55. The van der Waals surface area contributed by atoms with Gasteiger partial charge in [0.05, 0.1) is 17.6 Å². The van der Waals surface area contributed by atoms with E-state index in [1.54, 1.807) is 0 Å². The third kappa shape index (κ3) is 3.04. The van der Waals surface area contributed by atoms with Crippen LogP contribution in [-0.2, 0) is 30.1 Å². The maximum absolute atomic E-state index is 13.0. The van der Waals surface area contributed by atoms with Crippen molar-refractivity contribution in [3.05, 3.63) is 89.3 Å². The van der Waals surface area contributed by atoms with E-state index in [1.807, 2.05) is 30.8 Å². The normalized spacial score (nSPS) is 26.5. The van der Waals surface area contributed by atoms with Gasteiger partial charge in [0.1, 0.15) is 0 Å². The molecule has 2 aliphatic carbocycles. The predicted molar refractivity (Wildman–Crippen MR) is 122 cm³/mol. The molecular formula is C27H28N2O2. The Morgan fingerprint density at radius 1 is 1.13 bits per heavy atom. The number of fused-ring (bicyclic) bond motifs is 3. The van der Waals surface area contributed by atoms with Crippen LogP contribution >= 0.6 is 0 Å². The number of hydrogen-bond acceptors (Lipinski definition) is 3. The summed E-state index contributed by atoms with van der Waals surface area (Å²) in [6.45, 7) is 2.03. The highest BCUT2D eigenvalue weighted by atomic mass is 16.2. The molecule has 3 atom stereocenters. The fraction of sp³-hybridized carbons (Fsp3) is 0.333.